The van der Waals surface area contributed by atoms with E-state index in [0.717, 1.165) is 19.5 Å². The maximum Gasteiger partial charge on any atom is 0.220 e. The van der Waals surface area contributed by atoms with Gasteiger partial charge in [-0.25, -0.2) is 0 Å². The summed E-state index contributed by atoms with van der Waals surface area (Å²) in [6.45, 7) is 4.00. The molecular weight excluding hydrogens is 272 g/mol. The summed E-state index contributed by atoms with van der Waals surface area (Å²) in [5.74, 6) is 0.502. The first-order chi connectivity index (χ1) is 9.29. The van der Waals surface area contributed by atoms with E-state index >= 15 is 0 Å². The van der Waals surface area contributed by atoms with Crippen LogP contribution in [0.2, 0.25) is 0 Å². The zero-order valence-electron chi connectivity index (χ0n) is 12.1. The molecule has 1 saturated heterocycles. The largest absolute Gasteiger partial charge is 0.355 e. The molecule has 2 unspecified atom stereocenters. The fraction of sp³-hybridized carbons (Fsp3) is 0.562. The van der Waals surface area contributed by atoms with Gasteiger partial charge in [-0.15, -0.1) is 12.4 Å². The topological polar surface area (TPSA) is 41.1 Å². The second-order valence-corrected chi connectivity index (χ2v) is 5.32. The molecule has 0 saturated carbocycles. The fourth-order valence-corrected chi connectivity index (χ4v) is 2.69. The number of rotatable bonds is 6. The standard InChI is InChI=1S/C16H24N2O.ClH/c1-2-13(14-7-4-3-5-8-14)11-16(19)18-12-15-9-6-10-17-15;/h3-5,7-8,13,15,17H,2,6,9-12H2,1H3,(H,18,19);1H. The number of benzene rings is 1. The van der Waals surface area contributed by atoms with Gasteiger partial charge in [0.1, 0.15) is 0 Å². The van der Waals surface area contributed by atoms with Crippen LogP contribution in [-0.4, -0.2) is 25.0 Å². The van der Waals surface area contributed by atoms with E-state index in [1.54, 1.807) is 0 Å². The van der Waals surface area contributed by atoms with Crippen molar-refractivity contribution in [3.05, 3.63) is 35.9 Å². The molecule has 1 amide bonds. The van der Waals surface area contributed by atoms with Crippen LogP contribution in [0.25, 0.3) is 0 Å². The fourth-order valence-electron chi connectivity index (χ4n) is 2.69. The maximum atomic E-state index is 12.0. The Kier molecular flexibility index (Phi) is 7.63. The molecule has 2 atom stereocenters. The van der Waals surface area contributed by atoms with Gasteiger partial charge in [0, 0.05) is 19.0 Å². The van der Waals surface area contributed by atoms with Gasteiger partial charge in [-0.2, -0.15) is 0 Å². The summed E-state index contributed by atoms with van der Waals surface area (Å²) in [5.41, 5.74) is 1.26. The molecule has 2 N–H and O–H groups in total. The van der Waals surface area contributed by atoms with Crippen molar-refractivity contribution in [3.63, 3.8) is 0 Å². The third-order valence-corrected chi connectivity index (χ3v) is 3.90. The number of halogens is 1. The first kappa shape index (κ1) is 17.0. The number of nitrogens with one attached hydrogen (secondary N) is 2. The molecule has 1 aromatic carbocycles. The highest BCUT2D eigenvalue weighted by atomic mass is 35.5. The molecule has 2 rings (SSSR count). The van der Waals surface area contributed by atoms with E-state index < -0.39 is 0 Å². The average molecular weight is 297 g/mol. The summed E-state index contributed by atoms with van der Waals surface area (Å²) in [7, 11) is 0. The molecule has 3 nitrogen and oxygen atoms in total. The third kappa shape index (κ3) is 5.14. The van der Waals surface area contributed by atoms with Crippen LogP contribution in [0.5, 0.6) is 0 Å². The summed E-state index contributed by atoms with van der Waals surface area (Å²) < 4.78 is 0. The average Bonchev–Trinajstić information content (AvgIpc) is 2.97. The Labute approximate surface area is 127 Å². The van der Waals surface area contributed by atoms with E-state index in [2.05, 4.69) is 29.7 Å². The van der Waals surface area contributed by atoms with Crippen molar-refractivity contribution in [2.24, 2.45) is 0 Å². The van der Waals surface area contributed by atoms with Crippen molar-refractivity contribution >= 4 is 18.3 Å². The number of hydrogen-bond donors (Lipinski definition) is 2. The van der Waals surface area contributed by atoms with Gasteiger partial charge in [0.05, 0.1) is 0 Å². The molecule has 1 aliphatic rings. The van der Waals surface area contributed by atoms with Crippen LogP contribution in [-0.2, 0) is 4.79 Å². The Morgan fingerprint density at radius 2 is 2.15 bits per heavy atom. The van der Waals surface area contributed by atoms with E-state index in [1.807, 2.05) is 18.2 Å². The lowest BCUT2D eigenvalue weighted by Crippen LogP contribution is -2.37. The third-order valence-electron chi connectivity index (χ3n) is 3.90. The van der Waals surface area contributed by atoms with Crippen molar-refractivity contribution in [2.75, 3.05) is 13.1 Å². The SMILES string of the molecule is CCC(CC(=O)NCC1CCCN1)c1ccccc1.Cl. The number of amides is 1. The number of carbonyl (C=O) groups excluding carboxylic acids is 1. The molecule has 1 aromatic rings. The minimum absolute atomic E-state index is 0. The number of carbonyl (C=O) groups is 1. The van der Waals surface area contributed by atoms with E-state index in [0.29, 0.717) is 18.4 Å². The van der Waals surface area contributed by atoms with Crippen LogP contribution in [0, 0.1) is 0 Å². The van der Waals surface area contributed by atoms with Crippen molar-refractivity contribution < 1.29 is 4.79 Å². The van der Waals surface area contributed by atoms with Crippen LogP contribution >= 0.6 is 12.4 Å². The maximum absolute atomic E-state index is 12.0. The summed E-state index contributed by atoms with van der Waals surface area (Å²) in [5, 5.41) is 6.45. The molecule has 1 fully saturated rings. The molecular formula is C16H25ClN2O. The molecule has 20 heavy (non-hydrogen) atoms. The van der Waals surface area contributed by atoms with Gasteiger partial charge in [0.25, 0.3) is 0 Å². The zero-order chi connectivity index (χ0) is 13.5. The molecule has 1 aliphatic heterocycles. The minimum atomic E-state index is 0. The van der Waals surface area contributed by atoms with Gasteiger partial charge in [-0.3, -0.25) is 4.79 Å². The van der Waals surface area contributed by atoms with Gasteiger partial charge < -0.3 is 10.6 Å². The van der Waals surface area contributed by atoms with E-state index in [9.17, 15) is 4.79 Å². The smallest absolute Gasteiger partial charge is 0.220 e. The van der Waals surface area contributed by atoms with Crippen LogP contribution in [0.4, 0.5) is 0 Å². The molecule has 112 valence electrons. The molecule has 0 bridgehead atoms. The molecule has 0 aromatic heterocycles. The predicted molar refractivity (Wildman–Crippen MR) is 85.4 cm³/mol. The van der Waals surface area contributed by atoms with Gasteiger partial charge in [0.15, 0.2) is 0 Å². The Hall–Kier alpha value is -1.06. The molecule has 1 heterocycles. The van der Waals surface area contributed by atoms with Crippen LogP contribution < -0.4 is 10.6 Å². The Bertz CT molecular complexity index is 391. The van der Waals surface area contributed by atoms with Crippen molar-refractivity contribution in [1.29, 1.82) is 0 Å². The molecule has 4 heteroatoms. The first-order valence-electron chi connectivity index (χ1n) is 7.34. The van der Waals surface area contributed by atoms with E-state index in [1.165, 1.54) is 18.4 Å². The van der Waals surface area contributed by atoms with Crippen LogP contribution in [0.15, 0.2) is 30.3 Å². The van der Waals surface area contributed by atoms with Gasteiger partial charge >= 0.3 is 0 Å². The lowest BCUT2D eigenvalue weighted by molar-refractivity contribution is -0.121. The second kappa shape index (κ2) is 8.98. The highest BCUT2D eigenvalue weighted by Crippen LogP contribution is 2.22. The van der Waals surface area contributed by atoms with E-state index in [-0.39, 0.29) is 18.3 Å². The lowest BCUT2D eigenvalue weighted by atomic mass is 9.93. The predicted octanol–water partition coefficient (Wildman–Crippen LogP) is 2.86. The lowest BCUT2D eigenvalue weighted by Gasteiger charge is -2.16. The Morgan fingerprint density at radius 1 is 1.40 bits per heavy atom. The minimum Gasteiger partial charge on any atom is -0.355 e. The quantitative estimate of drug-likeness (QED) is 0.847. The van der Waals surface area contributed by atoms with Crippen molar-refractivity contribution in [2.45, 2.75) is 44.6 Å². The van der Waals surface area contributed by atoms with Crippen LogP contribution in [0.1, 0.15) is 44.1 Å². The summed E-state index contributed by atoms with van der Waals surface area (Å²) in [6.07, 6.45) is 3.99. The van der Waals surface area contributed by atoms with Crippen molar-refractivity contribution in [1.82, 2.24) is 10.6 Å². The van der Waals surface area contributed by atoms with E-state index in [4.69, 9.17) is 0 Å². The summed E-state index contributed by atoms with van der Waals surface area (Å²) in [4.78, 5) is 12.0. The van der Waals surface area contributed by atoms with Crippen LogP contribution in [0.3, 0.4) is 0 Å². The number of hydrogen-bond acceptors (Lipinski definition) is 2. The van der Waals surface area contributed by atoms with Crippen molar-refractivity contribution in [3.8, 4) is 0 Å². The molecule has 0 radical (unpaired) electrons. The monoisotopic (exact) mass is 296 g/mol. The Balaban J connectivity index is 0.00000200. The van der Waals surface area contributed by atoms with Gasteiger partial charge in [-0.1, -0.05) is 37.3 Å². The highest BCUT2D eigenvalue weighted by molar-refractivity contribution is 5.85. The molecule has 0 aliphatic carbocycles. The molecule has 0 spiro atoms. The normalized spacial score (nSPS) is 19.1. The second-order valence-electron chi connectivity index (χ2n) is 5.32. The van der Waals surface area contributed by atoms with Gasteiger partial charge in [-0.05, 0) is 37.3 Å². The summed E-state index contributed by atoms with van der Waals surface area (Å²) >= 11 is 0. The zero-order valence-corrected chi connectivity index (χ0v) is 12.9. The first-order valence-corrected chi connectivity index (χ1v) is 7.34. The summed E-state index contributed by atoms with van der Waals surface area (Å²) in [6, 6.07) is 10.8. The van der Waals surface area contributed by atoms with Gasteiger partial charge in [0.2, 0.25) is 5.91 Å². The highest BCUT2D eigenvalue weighted by Gasteiger charge is 2.17. The Morgan fingerprint density at radius 3 is 2.75 bits per heavy atom.